The number of oxazole rings is 1. The molecule has 0 radical (unpaired) electrons. The number of anilines is 1. The average Bonchev–Trinajstić information content (AvgIpc) is 3.29. The van der Waals surface area contributed by atoms with Crippen LogP contribution in [0.3, 0.4) is 0 Å². The van der Waals surface area contributed by atoms with Crippen molar-refractivity contribution in [3.05, 3.63) is 29.3 Å². The Labute approximate surface area is 160 Å². The molecule has 2 saturated heterocycles. The number of piperazine rings is 1. The van der Waals surface area contributed by atoms with E-state index in [9.17, 15) is 10.2 Å². The van der Waals surface area contributed by atoms with Crippen molar-refractivity contribution in [3.8, 4) is 10.6 Å². The third kappa shape index (κ3) is 3.12. The minimum Gasteiger partial charge on any atom is -0.423 e. The lowest BCUT2D eigenvalue weighted by molar-refractivity contribution is -0.152. The number of aromatic nitrogens is 2. The van der Waals surface area contributed by atoms with Gasteiger partial charge in [-0.15, -0.1) is 11.3 Å². The van der Waals surface area contributed by atoms with Gasteiger partial charge < -0.3 is 24.8 Å². The van der Waals surface area contributed by atoms with Crippen LogP contribution < -0.4 is 10.2 Å². The quantitative estimate of drug-likeness (QED) is 0.595. The zero-order chi connectivity index (χ0) is 18.6. The molecule has 3 N–H and O–H groups in total. The molecule has 2 aliphatic rings. The van der Waals surface area contributed by atoms with Crippen molar-refractivity contribution in [2.24, 2.45) is 0 Å². The van der Waals surface area contributed by atoms with Crippen LogP contribution in [0, 0.1) is 0 Å². The monoisotopic (exact) mass is 386 g/mol. The second-order valence-electron chi connectivity index (χ2n) is 7.62. The van der Waals surface area contributed by atoms with E-state index in [1.807, 2.05) is 5.38 Å². The fraction of sp³-hybridized carbons (Fsp3) is 0.474. The predicted molar refractivity (Wildman–Crippen MR) is 104 cm³/mol. The van der Waals surface area contributed by atoms with Gasteiger partial charge in [-0.05, 0) is 31.9 Å². The summed E-state index contributed by atoms with van der Waals surface area (Å²) in [5, 5.41) is 26.5. The molecule has 1 aromatic carbocycles. The topological polar surface area (TPSA) is 94.7 Å². The molecule has 142 valence electrons. The third-order valence-corrected chi connectivity index (χ3v) is 6.22. The summed E-state index contributed by atoms with van der Waals surface area (Å²) < 4.78 is 6.19. The van der Waals surface area contributed by atoms with E-state index in [2.05, 4.69) is 15.2 Å². The van der Waals surface area contributed by atoms with Crippen LogP contribution in [-0.2, 0) is 5.79 Å². The van der Waals surface area contributed by atoms with Crippen LogP contribution in [0.5, 0.6) is 0 Å². The summed E-state index contributed by atoms with van der Waals surface area (Å²) >= 11 is 1.48. The maximum absolute atomic E-state index is 10.1. The van der Waals surface area contributed by atoms with Gasteiger partial charge in [0.25, 0.3) is 6.01 Å². The first-order chi connectivity index (χ1) is 13.0. The SMILES string of the molecule is CC(O)(O)c1cc(-c2nccs2)c2oc(N3CC4CCCC(C3)N4)nc2c1. The van der Waals surface area contributed by atoms with Crippen molar-refractivity contribution in [2.45, 2.75) is 44.1 Å². The number of piperidine rings is 1. The number of fused-ring (bicyclic) bond motifs is 3. The molecule has 3 aromatic rings. The van der Waals surface area contributed by atoms with E-state index in [0.29, 0.717) is 34.8 Å². The van der Waals surface area contributed by atoms with E-state index in [0.717, 1.165) is 23.7 Å². The lowest BCUT2D eigenvalue weighted by atomic mass is 9.94. The Kier molecular flexibility index (Phi) is 3.98. The highest BCUT2D eigenvalue weighted by atomic mass is 32.1. The maximum Gasteiger partial charge on any atom is 0.298 e. The van der Waals surface area contributed by atoms with Crippen LogP contribution in [-0.4, -0.2) is 45.4 Å². The van der Waals surface area contributed by atoms with Gasteiger partial charge in [0, 0.05) is 42.3 Å². The number of rotatable bonds is 3. The van der Waals surface area contributed by atoms with Gasteiger partial charge in [0.2, 0.25) is 0 Å². The molecule has 2 bridgehead atoms. The molecule has 0 amide bonds. The fourth-order valence-corrected chi connectivity index (χ4v) is 4.76. The van der Waals surface area contributed by atoms with Gasteiger partial charge in [-0.3, -0.25) is 0 Å². The van der Waals surface area contributed by atoms with Gasteiger partial charge in [-0.25, -0.2) is 4.98 Å². The number of nitrogens with one attached hydrogen (secondary N) is 1. The van der Waals surface area contributed by atoms with Crippen LogP contribution >= 0.6 is 11.3 Å². The Balaban J connectivity index is 1.61. The van der Waals surface area contributed by atoms with E-state index in [4.69, 9.17) is 9.40 Å². The van der Waals surface area contributed by atoms with Crippen LogP contribution in [0.25, 0.3) is 21.7 Å². The molecule has 4 heterocycles. The smallest absolute Gasteiger partial charge is 0.298 e. The molecule has 2 unspecified atom stereocenters. The molecular formula is C19H22N4O3S. The molecule has 7 nitrogen and oxygen atoms in total. The van der Waals surface area contributed by atoms with Gasteiger partial charge >= 0.3 is 0 Å². The number of nitrogens with zero attached hydrogens (tertiary/aromatic N) is 3. The van der Waals surface area contributed by atoms with E-state index >= 15 is 0 Å². The first-order valence-corrected chi connectivity index (χ1v) is 10.2. The van der Waals surface area contributed by atoms with Crippen LogP contribution in [0.1, 0.15) is 31.7 Å². The van der Waals surface area contributed by atoms with Crippen molar-refractivity contribution in [3.63, 3.8) is 0 Å². The average molecular weight is 386 g/mol. The summed E-state index contributed by atoms with van der Waals surface area (Å²) in [4.78, 5) is 11.3. The Morgan fingerprint density at radius 1 is 1.26 bits per heavy atom. The second-order valence-corrected chi connectivity index (χ2v) is 8.52. The van der Waals surface area contributed by atoms with E-state index in [1.165, 1.54) is 37.5 Å². The number of thiazole rings is 1. The third-order valence-electron chi connectivity index (χ3n) is 5.42. The maximum atomic E-state index is 10.1. The van der Waals surface area contributed by atoms with Crippen molar-refractivity contribution in [1.29, 1.82) is 0 Å². The van der Waals surface area contributed by atoms with E-state index < -0.39 is 5.79 Å². The van der Waals surface area contributed by atoms with Crippen molar-refractivity contribution < 1.29 is 14.6 Å². The zero-order valence-corrected chi connectivity index (χ0v) is 15.9. The largest absolute Gasteiger partial charge is 0.423 e. The highest BCUT2D eigenvalue weighted by Gasteiger charge is 2.32. The molecule has 0 spiro atoms. The zero-order valence-electron chi connectivity index (χ0n) is 15.1. The molecule has 2 aliphatic heterocycles. The molecule has 0 saturated carbocycles. The second kappa shape index (κ2) is 6.27. The van der Waals surface area contributed by atoms with Crippen LogP contribution in [0.15, 0.2) is 28.1 Å². The Hall–Kier alpha value is -2.00. The van der Waals surface area contributed by atoms with Crippen molar-refractivity contribution in [1.82, 2.24) is 15.3 Å². The minimum atomic E-state index is -1.95. The fourth-order valence-electron chi connectivity index (χ4n) is 4.11. The number of hydrogen-bond acceptors (Lipinski definition) is 8. The highest BCUT2D eigenvalue weighted by Crippen LogP contribution is 2.37. The molecule has 2 aromatic heterocycles. The van der Waals surface area contributed by atoms with Crippen molar-refractivity contribution in [2.75, 3.05) is 18.0 Å². The summed E-state index contributed by atoms with van der Waals surface area (Å²) in [5.74, 6) is -1.95. The normalized spacial score (nSPS) is 23.1. The van der Waals surface area contributed by atoms with Gasteiger partial charge in [0.1, 0.15) is 10.5 Å². The first kappa shape index (κ1) is 17.1. The lowest BCUT2D eigenvalue weighted by Crippen LogP contribution is -2.58. The predicted octanol–water partition coefficient (Wildman–Crippen LogP) is 2.44. The summed E-state index contributed by atoms with van der Waals surface area (Å²) in [5.41, 5.74) is 2.36. The Bertz CT molecular complexity index is 951. The molecular weight excluding hydrogens is 364 g/mol. The van der Waals surface area contributed by atoms with E-state index in [-0.39, 0.29) is 0 Å². The molecule has 2 fully saturated rings. The first-order valence-electron chi connectivity index (χ1n) is 9.28. The molecule has 27 heavy (non-hydrogen) atoms. The summed E-state index contributed by atoms with van der Waals surface area (Å²) in [7, 11) is 0. The molecule has 5 rings (SSSR count). The van der Waals surface area contributed by atoms with Gasteiger partial charge in [-0.2, -0.15) is 4.98 Å². The van der Waals surface area contributed by atoms with Crippen LogP contribution in [0.4, 0.5) is 6.01 Å². The molecule has 0 aliphatic carbocycles. The highest BCUT2D eigenvalue weighted by molar-refractivity contribution is 7.13. The number of aliphatic hydroxyl groups is 2. The van der Waals surface area contributed by atoms with Crippen LogP contribution in [0.2, 0.25) is 0 Å². The Morgan fingerprint density at radius 2 is 2.04 bits per heavy atom. The standard InChI is InChI=1S/C19H22N4O3S/c1-19(24,25)11-7-14(17-20-5-6-27-17)16-15(8-11)22-18(26-16)23-9-12-3-2-4-13(10-23)21-12/h5-8,12-13,21,24-25H,2-4,9-10H2,1H3. The number of hydrogen-bond donors (Lipinski definition) is 3. The molecule has 2 atom stereocenters. The Morgan fingerprint density at radius 3 is 2.70 bits per heavy atom. The summed E-state index contributed by atoms with van der Waals surface area (Å²) in [6.07, 6.45) is 5.35. The summed E-state index contributed by atoms with van der Waals surface area (Å²) in [6, 6.07) is 4.95. The van der Waals surface area contributed by atoms with Crippen molar-refractivity contribution >= 4 is 28.5 Å². The lowest BCUT2D eigenvalue weighted by Gasteiger charge is -2.41. The van der Waals surface area contributed by atoms with Gasteiger partial charge in [0.15, 0.2) is 11.4 Å². The minimum absolute atomic E-state index is 0.372. The van der Waals surface area contributed by atoms with Gasteiger partial charge in [0.05, 0.1) is 5.56 Å². The summed E-state index contributed by atoms with van der Waals surface area (Å²) in [6.45, 7) is 3.10. The number of benzene rings is 1. The van der Waals surface area contributed by atoms with Gasteiger partial charge in [-0.1, -0.05) is 6.42 Å². The van der Waals surface area contributed by atoms with E-state index in [1.54, 1.807) is 18.3 Å². The molecule has 8 heteroatoms.